The highest BCUT2D eigenvalue weighted by Gasteiger charge is 2.24. The van der Waals surface area contributed by atoms with Crippen LogP contribution in [0.4, 0.5) is 0 Å². The maximum atomic E-state index is 12.8. The first-order valence-electron chi connectivity index (χ1n) is 9.55. The predicted molar refractivity (Wildman–Crippen MR) is 113 cm³/mol. The first-order valence-corrected chi connectivity index (χ1v) is 9.55. The predicted octanol–water partition coefficient (Wildman–Crippen LogP) is 3.55. The molecule has 0 fully saturated rings. The van der Waals surface area contributed by atoms with Gasteiger partial charge in [0.05, 0.1) is 5.56 Å². The van der Waals surface area contributed by atoms with Gasteiger partial charge in [0.2, 0.25) is 11.7 Å². The fourth-order valence-electron chi connectivity index (χ4n) is 3.30. The summed E-state index contributed by atoms with van der Waals surface area (Å²) in [6.45, 7) is 3.22. The van der Waals surface area contributed by atoms with Gasteiger partial charge in [0.1, 0.15) is 17.4 Å². The second kappa shape index (κ2) is 9.10. The van der Waals surface area contributed by atoms with Gasteiger partial charge in [0.15, 0.2) is 6.61 Å². The molecule has 3 aromatic rings. The average molecular weight is 402 g/mol. The molecule has 0 amide bonds. The van der Waals surface area contributed by atoms with Crippen LogP contribution in [0.2, 0.25) is 0 Å². The summed E-state index contributed by atoms with van der Waals surface area (Å²) in [4.78, 5) is 25.5. The second-order valence-electron chi connectivity index (χ2n) is 7.03. The Morgan fingerprint density at radius 1 is 1.13 bits per heavy atom. The average Bonchev–Trinajstić information content (AvgIpc) is 2.73. The van der Waals surface area contributed by atoms with E-state index in [9.17, 15) is 20.0 Å². The number of ketones is 1. The molecule has 1 N–H and O–H groups in total. The molecule has 3 rings (SSSR count). The van der Waals surface area contributed by atoms with E-state index in [-0.39, 0.29) is 29.8 Å². The Hall–Kier alpha value is -3.85. The lowest BCUT2D eigenvalue weighted by atomic mass is 10.0. The third-order valence-corrected chi connectivity index (χ3v) is 4.91. The third-order valence-electron chi connectivity index (χ3n) is 4.91. The van der Waals surface area contributed by atoms with E-state index in [0.717, 1.165) is 15.7 Å². The molecule has 0 saturated carbocycles. The highest BCUT2D eigenvalue weighted by atomic mass is 16.5. The van der Waals surface area contributed by atoms with Crippen molar-refractivity contribution in [3.63, 3.8) is 0 Å². The Balaban J connectivity index is 1.92. The van der Waals surface area contributed by atoms with Crippen LogP contribution in [-0.2, 0) is 13.0 Å². The fraction of sp³-hybridized carbons (Fsp3) is 0.208. The molecule has 0 bridgehead atoms. The van der Waals surface area contributed by atoms with Crippen LogP contribution < -0.4 is 10.3 Å². The van der Waals surface area contributed by atoms with Gasteiger partial charge in [-0.2, -0.15) is 5.26 Å². The molecule has 0 atom stereocenters. The maximum absolute atomic E-state index is 12.8. The van der Waals surface area contributed by atoms with Crippen molar-refractivity contribution in [2.24, 2.45) is 0 Å². The number of benzene rings is 2. The normalized spacial score (nSPS) is 10.4. The van der Waals surface area contributed by atoms with Crippen molar-refractivity contribution >= 4 is 5.78 Å². The number of carbonyl (C=O) groups excluding carboxylic acids is 1. The lowest BCUT2D eigenvalue weighted by Crippen LogP contribution is -2.28. The zero-order chi connectivity index (χ0) is 21.7. The minimum Gasteiger partial charge on any atom is -0.494 e. The summed E-state index contributed by atoms with van der Waals surface area (Å²) in [7, 11) is 0. The van der Waals surface area contributed by atoms with Gasteiger partial charge >= 0.3 is 0 Å². The highest BCUT2D eigenvalue weighted by Crippen LogP contribution is 2.23. The summed E-state index contributed by atoms with van der Waals surface area (Å²) in [6, 6.07) is 18.6. The van der Waals surface area contributed by atoms with Gasteiger partial charge in [-0.05, 0) is 49.1 Å². The van der Waals surface area contributed by atoms with Crippen molar-refractivity contribution in [1.82, 2.24) is 4.57 Å². The first kappa shape index (κ1) is 20.9. The van der Waals surface area contributed by atoms with Gasteiger partial charge in [0, 0.05) is 6.54 Å². The molecule has 152 valence electrons. The van der Waals surface area contributed by atoms with Gasteiger partial charge in [-0.1, -0.05) is 42.5 Å². The maximum Gasteiger partial charge on any atom is 0.271 e. The van der Waals surface area contributed by atoms with Crippen molar-refractivity contribution < 1.29 is 14.6 Å². The van der Waals surface area contributed by atoms with Gasteiger partial charge in [-0.15, -0.1) is 0 Å². The molecule has 1 aromatic heterocycles. The van der Waals surface area contributed by atoms with Crippen LogP contribution in [0, 0.1) is 25.2 Å². The second-order valence-corrected chi connectivity index (χ2v) is 7.03. The number of hydrogen-bond acceptors (Lipinski definition) is 5. The first-order chi connectivity index (χ1) is 14.4. The molecular formula is C24H22N2O4. The van der Waals surface area contributed by atoms with E-state index in [1.54, 1.807) is 12.1 Å². The summed E-state index contributed by atoms with van der Waals surface area (Å²) >= 11 is 0. The number of aromatic nitrogens is 1. The monoisotopic (exact) mass is 402 g/mol. The molecule has 6 nitrogen and oxygen atoms in total. The summed E-state index contributed by atoms with van der Waals surface area (Å²) < 4.78 is 6.64. The van der Waals surface area contributed by atoms with E-state index in [1.165, 1.54) is 6.92 Å². The van der Waals surface area contributed by atoms with Crippen LogP contribution >= 0.6 is 0 Å². The van der Waals surface area contributed by atoms with Crippen molar-refractivity contribution in [3.05, 3.63) is 92.8 Å². The topological polar surface area (TPSA) is 92.3 Å². The molecule has 0 unspecified atom stereocenters. The van der Waals surface area contributed by atoms with Crippen molar-refractivity contribution in [1.29, 1.82) is 5.26 Å². The smallest absolute Gasteiger partial charge is 0.271 e. The Labute approximate surface area is 174 Å². The third kappa shape index (κ3) is 4.41. The number of pyridine rings is 1. The molecule has 1 heterocycles. The zero-order valence-electron chi connectivity index (χ0n) is 16.9. The Morgan fingerprint density at radius 3 is 2.53 bits per heavy atom. The molecule has 6 heteroatoms. The quantitative estimate of drug-likeness (QED) is 0.610. The summed E-state index contributed by atoms with van der Waals surface area (Å²) in [5, 5.41) is 20.2. The Kier molecular flexibility index (Phi) is 6.33. The number of ether oxygens (including phenoxy) is 1. The summed E-state index contributed by atoms with van der Waals surface area (Å²) in [5.74, 6) is -0.417. The number of aryl methyl sites for hydroxylation is 2. The van der Waals surface area contributed by atoms with Gasteiger partial charge < -0.3 is 9.84 Å². The van der Waals surface area contributed by atoms with E-state index in [2.05, 4.69) is 0 Å². The number of rotatable bonds is 7. The summed E-state index contributed by atoms with van der Waals surface area (Å²) in [5.41, 5.74) is 1.29. The largest absolute Gasteiger partial charge is 0.494 e. The Bertz CT molecular complexity index is 1170. The lowest BCUT2D eigenvalue weighted by molar-refractivity contribution is 0.0916. The zero-order valence-corrected chi connectivity index (χ0v) is 16.9. The molecule has 0 radical (unpaired) electrons. The van der Waals surface area contributed by atoms with Crippen molar-refractivity contribution in [2.75, 3.05) is 6.61 Å². The minimum absolute atomic E-state index is 0.0631. The number of aromatic hydroxyl groups is 1. The highest BCUT2D eigenvalue weighted by molar-refractivity contribution is 6.01. The fourth-order valence-corrected chi connectivity index (χ4v) is 3.30. The molecule has 0 aliphatic carbocycles. The molecular weight excluding hydrogens is 380 g/mol. The Morgan fingerprint density at radius 2 is 1.87 bits per heavy atom. The van der Waals surface area contributed by atoms with Gasteiger partial charge in [-0.3, -0.25) is 14.2 Å². The van der Waals surface area contributed by atoms with Crippen LogP contribution in [-0.4, -0.2) is 22.1 Å². The number of hydrogen-bond donors (Lipinski definition) is 1. The van der Waals surface area contributed by atoms with E-state index in [0.29, 0.717) is 12.2 Å². The van der Waals surface area contributed by atoms with Crippen LogP contribution in [0.3, 0.4) is 0 Å². The van der Waals surface area contributed by atoms with Crippen LogP contribution in [0.1, 0.15) is 32.6 Å². The van der Waals surface area contributed by atoms with E-state index in [1.807, 2.05) is 55.5 Å². The van der Waals surface area contributed by atoms with Crippen molar-refractivity contribution in [2.45, 2.75) is 26.8 Å². The number of nitrogens with zero attached hydrogens (tertiary/aromatic N) is 2. The molecule has 0 spiro atoms. The molecule has 0 saturated heterocycles. The van der Waals surface area contributed by atoms with Crippen LogP contribution in [0.15, 0.2) is 59.4 Å². The SMILES string of the molecule is Cc1cccc(OCC(=O)c2c(C)c(C#N)c(=O)n(CCc3ccccc3)c2O)c1. The van der Waals surface area contributed by atoms with Gasteiger partial charge in [0.25, 0.3) is 5.56 Å². The van der Waals surface area contributed by atoms with Gasteiger partial charge in [-0.25, -0.2) is 0 Å². The van der Waals surface area contributed by atoms with E-state index >= 15 is 0 Å². The molecule has 30 heavy (non-hydrogen) atoms. The van der Waals surface area contributed by atoms with Crippen molar-refractivity contribution in [3.8, 4) is 17.7 Å². The minimum atomic E-state index is -0.611. The molecule has 0 aliphatic heterocycles. The van der Waals surface area contributed by atoms with E-state index < -0.39 is 17.2 Å². The number of Topliss-reactive ketones (excluding diaryl/α,β-unsaturated/α-hetero) is 1. The van der Waals surface area contributed by atoms with E-state index in [4.69, 9.17) is 4.74 Å². The summed E-state index contributed by atoms with van der Waals surface area (Å²) in [6.07, 6.45) is 0.468. The standard InChI is InChI=1S/C24H22N2O4/c1-16-7-6-10-19(13-16)30-15-21(27)22-17(2)20(14-25)23(28)26(24(22)29)12-11-18-8-4-3-5-9-18/h3-10,13,29H,11-12,15H2,1-2H3. The molecule has 2 aromatic carbocycles. The molecule has 0 aliphatic rings. The number of carbonyl (C=O) groups is 1. The van der Waals surface area contributed by atoms with Crippen LogP contribution in [0.25, 0.3) is 0 Å². The lowest BCUT2D eigenvalue weighted by Gasteiger charge is -2.16. The number of nitriles is 1. The van der Waals surface area contributed by atoms with Crippen LogP contribution in [0.5, 0.6) is 11.6 Å².